The van der Waals surface area contributed by atoms with Gasteiger partial charge in [-0.2, -0.15) is 0 Å². The molecule has 31 heavy (non-hydrogen) atoms. The van der Waals surface area contributed by atoms with Gasteiger partial charge in [0.1, 0.15) is 16.9 Å². The van der Waals surface area contributed by atoms with Crippen LogP contribution in [0.5, 0.6) is 0 Å². The Morgan fingerprint density at radius 1 is 1.16 bits per heavy atom. The van der Waals surface area contributed by atoms with Gasteiger partial charge in [-0.3, -0.25) is 14.6 Å². The summed E-state index contributed by atoms with van der Waals surface area (Å²) in [6.45, 7) is 4.58. The summed E-state index contributed by atoms with van der Waals surface area (Å²) < 4.78 is 26.2. The van der Waals surface area contributed by atoms with E-state index in [1.807, 2.05) is 30.3 Å². The fourth-order valence-electron chi connectivity index (χ4n) is 3.80. The second kappa shape index (κ2) is 8.74. The van der Waals surface area contributed by atoms with Crippen molar-refractivity contribution in [3.63, 3.8) is 0 Å². The van der Waals surface area contributed by atoms with Gasteiger partial charge in [-0.25, -0.2) is 9.37 Å². The Morgan fingerprint density at radius 3 is 2.81 bits per heavy atom. The van der Waals surface area contributed by atoms with Gasteiger partial charge in [-0.05, 0) is 30.7 Å². The molecule has 0 radical (unpaired) electrons. The zero-order valence-corrected chi connectivity index (χ0v) is 17.7. The molecule has 2 aromatic carbocycles. The number of thiazole rings is 1. The van der Waals surface area contributed by atoms with Gasteiger partial charge in [0.05, 0.1) is 17.9 Å². The molecule has 3 heterocycles. The number of hydrogen-bond donors (Lipinski definition) is 0. The molecule has 0 unspecified atom stereocenters. The van der Waals surface area contributed by atoms with Gasteiger partial charge in [-0.1, -0.05) is 35.6 Å². The number of carbonyl (C=O) groups is 1. The molecule has 160 valence electrons. The summed E-state index contributed by atoms with van der Waals surface area (Å²) in [6, 6.07) is 14.1. The number of halogens is 1. The van der Waals surface area contributed by atoms with E-state index in [0.717, 1.165) is 44.7 Å². The largest absolute Gasteiger partial charge is 0.451 e. The number of ether oxygens (including phenoxy) is 1. The highest BCUT2D eigenvalue weighted by Crippen LogP contribution is 2.32. The Labute approximate surface area is 182 Å². The van der Waals surface area contributed by atoms with Crippen molar-refractivity contribution in [2.24, 2.45) is 0 Å². The molecular weight excluding hydrogens is 417 g/mol. The first-order valence-corrected chi connectivity index (χ1v) is 11.2. The third-order valence-electron chi connectivity index (χ3n) is 5.43. The van der Waals surface area contributed by atoms with Crippen LogP contribution in [0.25, 0.3) is 21.2 Å². The standard InChI is InChI=1S/C23H22FN3O3S/c24-17-6-3-8-20-21(17)25-23(31-20)27(10-4-9-26-11-13-29-14-12-26)22(28)19-15-16-5-1-2-7-18(16)30-19/h1-3,5-8,15H,4,9-14H2. The minimum Gasteiger partial charge on any atom is -0.451 e. The second-order valence-corrected chi connectivity index (χ2v) is 8.50. The maximum Gasteiger partial charge on any atom is 0.295 e. The van der Waals surface area contributed by atoms with Crippen LogP contribution < -0.4 is 4.90 Å². The zero-order valence-electron chi connectivity index (χ0n) is 16.9. The fraction of sp³-hybridized carbons (Fsp3) is 0.304. The summed E-state index contributed by atoms with van der Waals surface area (Å²) in [5.74, 6) is -0.394. The van der Waals surface area contributed by atoms with E-state index in [1.165, 1.54) is 17.4 Å². The van der Waals surface area contributed by atoms with Crippen molar-refractivity contribution in [3.05, 3.63) is 60.1 Å². The van der Waals surface area contributed by atoms with Crippen LogP contribution in [0, 0.1) is 5.82 Å². The number of benzene rings is 2. The summed E-state index contributed by atoms with van der Waals surface area (Å²) in [6.07, 6.45) is 0.768. The zero-order chi connectivity index (χ0) is 21.2. The molecular formula is C23H22FN3O3S. The minimum absolute atomic E-state index is 0.257. The monoisotopic (exact) mass is 439 g/mol. The summed E-state index contributed by atoms with van der Waals surface area (Å²) in [5, 5.41) is 1.35. The van der Waals surface area contributed by atoms with Crippen LogP contribution in [0.2, 0.25) is 0 Å². The molecule has 1 saturated heterocycles. The van der Waals surface area contributed by atoms with Crippen molar-refractivity contribution in [1.29, 1.82) is 0 Å². The van der Waals surface area contributed by atoms with E-state index in [1.54, 1.807) is 17.0 Å². The Kier molecular flexibility index (Phi) is 5.67. The fourth-order valence-corrected chi connectivity index (χ4v) is 4.80. The SMILES string of the molecule is O=C(c1cc2ccccc2o1)N(CCCN1CCOCC1)c1nc2c(F)cccc2s1. The molecule has 8 heteroatoms. The number of para-hydroxylation sites is 2. The molecule has 6 nitrogen and oxygen atoms in total. The van der Waals surface area contributed by atoms with Crippen molar-refractivity contribution < 1.29 is 18.3 Å². The maximum atomic E-state index is 14.2. The average Bonchev–Trinajstić information content (AvgIpc) is 3.42. The van der Waals surface area contributed by atoms with E-state index in [-0.39, 0.29) is 23.0 Å². The molecule has 0 spiro atoms. The lowest BCUT2D eigenvalue weighted by molar-refractivity contribution is 0.0376. The number of nitrogens with zero attached hydrogens (tertiary/aromatic N) is 3. The van der Waals surface area contributed by atoms with E-state index >= 15 is 0 Å². The first-order valence-electron chi connectivity index (χ1n) is 10.3. The number of anilines is 1. The third-order valence-corrected chi connectivity index (χ3v) is 6.47. The highest BCUT2D eigenvalue weighted by molar-refractivity contribution is 7.22. The predicted octanol–water partition coefficient (Wildman–Crippen LogP) is 4.55. The van der Waals surface area contributed by atoms with E-state index in [4.69, 9.17) is 9.15 Å². The number of aromatic nitrogens is 1. The number of morpholine rings is 1. The molecule has 1 aliphatic rings. The van der Waals surface area contributed by atoms with Crippen molar-refractivity contribution in [2.45, 2.75) is 6.42 Å². The first kappa shape index (κ1) is 20.1. The smallest absolute Gasteiger partial charge is 0.295 e. The average molecular weight is 440 g/mol. The van der Waals surface area contributed by atoms with Crippen molar-refractivity contribution in [2.75, 3.05) is 44.3 Å². The quantitative estimate of drug-likeness (QED) is 0.441. The van der Waals surface area contributed by atoms with Crippen LogP contribution in [0.4, 0.5) is 9.52 Å². The van der Waals surface area contributed by atoms with Gasteiger partial charge in [0.15, 0.2) is 10.9 Å². The molecule has 2 aromatic heterocycles. The Balaban J connectivity index is 1.43. The molecule has 0 saturated carbocycles. The third kappa shape index (κ3) is 4.19. The van der Waals surface area contributed by atoms with Crippen molar-refractivity contribution in [3.8, 4) is 0 Å². The van der Waals surface area contributed by atoms with Crippen LogP contribution in [-0.4, -0.2) is 55.2 Å². The predicted molar refractivity (Wildman–Crippen MR) is 119 cm³/mol. The highest BCUT2D eigenvalue weighted by Gasteiger charge is 2.25. The van der Waals surface area contributed by atoms with E-state index < -0.39 is 0 Å². The van der Waals surface area contributed by atoms with Crippen LogP contribution in [0.1, 0.15) is 17.0 Å². The van der Waals surface area contributed by atoms with Gasteiger partial charge in [0, 0.05) is 31.6 Å². The molecule has 5 rings (SSSR count). The lowest BCUT2D eigenvalue weighted by Crippen LogP contribution is -2.39. The lowest BCUT2D eigenvalue weighted by atomic mass is 10.2. The summed E-state index contributed by atoms with van der Waals surface area (Å²) >= 11 is 1.31. The minimum atomic E-state index is -0.385. The van der Waals surface area contributed by atoms with Crippen LogP contribution in [0.3, 0.4) is 0 Å². The molecule has 1 fully saturated rings. The first-order chi connectivity index (χ1) is 15.2. The van der Waals surface area contributed by atoms with Crippen LogP contribution in [-0.2, 0) is 4.74 Å². The summed E-state index contributed by atoms with van der Waals surface area (Å²) in [5.41, 5.74) is 0.951. The van der Waals surface area contributed by atoms with Gasteiger partial charge in [0.2, 0.25) is 0 Å². The van der Waals surface area contributed by atoms with Crippen LogP contribution >= 0.6 is 11.3 Å². The van der Waals surface area contributed by atoms with E-state index in [0.29, 0.717) is 22.0 Å². The van der Waals surface area contributed by atoms with Gasteiger partial charge in [-0.15, -0.1) is 0 Å². The molecule has 0 aliphatic carbocycles. The number of carbonyl (C=O) groups excluding carboxylic acids is 1. The topological polar surface area (TPSA) is 58.8 Å². The Hall–Kier alpha value is -2.81. The van der Waals surface area contributed by atoms with E-state index in [9.17, 15) is 9.18 Å². The molecule has 4 aromatic rings. The highest BCUT2D eigenvalue weighted by atomic mass is 32.1. The van der Waals surface area contributed by atoms with Crippen molar-refractivity contribution in [1.82, 2.24) is 9.88 Å². The number of furan rings is 1. The summed E-state index contributed by atoms with van der Waals surface area (Å²) in [4.78, 5) is 21.8. The molecule has 0 N–H and O–H groups in total. The Morgan fingerprint density at radius 2 is 2.00 bits per heavy atom. The normalized spacial score (nSPS) is 15.0. The van der Waals surface area contributed by atoms with Gasteiger partial charge in [0.25, 0.3) is 5.91 Å². The van der Waals surface area contributed by atoms with Crippen LogP contribution in [0.15, 0.2) is 52.9 Å². The number of fused-ring (bicyclic) bond motifs is 2. The molecule has 0 atom stereocenters. The maximum absolute atomic E-state index is 14.2. The van der Waals surface area contributed by atoms with Crippen molar-refractivity contribution >= 4 is 43.6 Å². The summed E-state index contributed by atoms with van der Waals surface area (Å²) in [7, 11) is 0. The lowest BCUT2D eigenvalue weighted by Gasteiger charge is -2.27. The number of amides is 1. The van der Waals surface area contributed by atoms with E-state index in [2.05, 4.69) is 9.88 Å². The molecule has 0 bridgehead atoms. The Bertz CT molecular complexity index is 1180. The molecule has 1 amide bonds. The van der Waals surface area contributed by atoms with Gasteiger partial charge < -0.3 is 9.15 Å². The number of rotatable bonds is 6. The van der Waals surface area contributed by atoms with Gasteiger partial charge >= 0.3 is 0 Å². The number of hydrogen-bond acceptors (Lipinski definition) is 6. The second-order valence-electron chi connectivity index (χ2n) is 7.50. The molecule has 1 aliphatic heterocycles.